The molecule has 0 spiro atoms. The Morgan fingerprint density at radius 1 is 1.21 bits per heavy atom. The van der Waals surface area contributed by atoms with Crippen LogP contribution in [0.3, 0.4) is 0 Å². The first-order chi connectivity index (χ1) is 9.08. The first-order valence-corrected chi connectivity index (χ1v) is 6.74. The van der Waals surface area contributed by atoms with Crippen LogP contribution in [0.2, 0.25) is 0 Å². The van der Waals surface area contributed by atoms with Crippen molar-refractivity contribution in [3.8, 4) is 0 Å². The smallest absolute Gasteiger partial charge is 0.335 e. The molecule has 2 atom stereocenters. The molecule has 2 rings (SSSR count). The summed E-state index contributed by atoms with van der Waals surface area (Å²) in [6, 6.07) is 6.65. The molecule has 4 heteroatoms. The van der Waals surface area contributed by atoms with Crippen LogP contribution in [0.4, 0.5) is 5.69 Å². The summed E-state index contributed by atoms with van der Waals surface area (Å²) >= 11 is 0. The Morgan fingerprint density at radius 3 is 2.32 bits per heavy atom. The molecular weight excluding hydrogens is 240 g/mol. The Kier molecular flexibility index (Phi) is 4.20. The Morgan fingerprint density at radius 2 is 1.79 bits per heavy atom. The third-order valence-electron chi connectivity index (χ3n) is 3.73. The molecule has 0 unspecified atom stereocenters. The van der Waals surface area contributed by atoms with Gasteiger partial charge in [0.1, 0.15) is 0 Å². The van der Waals surface area contributed by atoms with Gasteiger partial charge in [-0.3, -0.25) is 5.43 Å². The van der Waals surface area contributed by atoms with Crippen molar-refractivity contribution in [2.45, 2.75) is 33.1 Å². The molecule has 0 saturated heterocycles. The summed E-state index contributed by atoms with van der Waals surface area (Å²) in [4.78, 5) is 10.8. The maximum Gasteiger partial charge on any atom is 0.335 e. The maximum absolute atomic E-state index is 10.8. The number of carboxylic acid groups (broad SMARTS) is 1. The van der Waals surface area contributed by atoms with Crippen LogP contribution < -0.4 is 5.43 Å². The average molecular weight is 260 g/mol. The van der Waals surface area contributed by atoms with Crippen molar-refractivity contribution in [2.24, 2.45) is 16.9 Å². The van der Waals surface area contributed by atoms with Gasteiger partial charge in [0, 0.05) is 5.71 Å². The minimum atomic E-state index is -0.910. The fourth-order valence-corrected chi connectivity index (χ4v) is 2.55. The molecule has 0 bridgehead atoms. The van der Waals surface area contributed by atoms with Gasteiger partial charge in [-0.1, -0.05) is 20.3 Å². The van der Waals surface area contributed by atoms with Gasteiger partial charge >= 0.3 is 5.97 Å². The van der Waals surface area contributed by atoms with Gasteiger partial charge in [0.15, 0.2) is 0 Å². The lowest BCUT2D eigenvalue weighted by Crippen LogP contribution is -2.25. The molecule has 4 nitrogen and oxygen atoms in total. The second kappa shape index (κ2) is 5.87. The highest BCUT2D eigenvalue weighted by Crippen LogP contribution is 2.26. The molecule has 0 radical (unpaired) electrons. The zero-order chi connectivity index (χ0) is 13.8. The Hall–Kier alpha value is -1.84. The Bertz CT molecular complexity index is 467. The van der Waals surface area contributed by atoms with Crippen LogP contribution in [0.5, 0.6) is 0 Å². The quantitative estimate of drug-likeness (QED) is 0.816. The minimum absolute atomic E-state index is 0.289. The van der Waals surface area contributed by atoms with E-state index in [2.05, 4.69) is 24.4 Å². The minimum Gasteiger partial charge on any atom is -0.478 e. The molecule has 1 fully saturated rings. The number of rotatable bonds is 3. The van der Waals surface area contributed by atoms with E-state index >= 15 is 0 Å². The van der Waals surface area contributed by atoms with Crippen LogP contribution in [-0.2, 0) is 0 Å². The zero-order valence-corrected chi connectivity index (χ0v) is 11.4. The van der Waals surface area contributed by atoms with Crippen molar-refractivity contribution >= 4 is 17.4 Å². The van der Waals surface area contributed by atoms with Crippen LogP contribution in [0.1, 0.15) is 43.5 Å². The normalized spacial score (nSPS) is 25.3. The summed E-state index contributed by atoms with van der Waals surface area (Å²) in [6.07, 6.45) is 3.67. The van der Waals surface area contributed by atoms with Gasteiger partial charge in [0.05, 0.1) is 11.3 Å². The molecule has 1 aliphatic rings. The lowest BCUT2D eigenvalue weighted by Gasteiger charge is -2.26. The van der Waals surface area contributed by atoms with E-state index in [0.29, 0.717) is 11.8 Å². The van der Waals surface area contributed by atoms with Gasteiger partial charge in [-0.2, -0.15) is 5.10 Å². The highest BCUT2D eigenvalue weighted by atomic mass is 16.4. The van der Waals surface area contributed by atoms with Gasteiger partial charge in [-0.25, -0.2) is 4.79 Å². The number of anilines is 1. The van der Waals surface area contributed by atoms with E-state index in [0.717, 1.165) is 5.69 Å². The van der Waals surface area contributed by atoms with E-state index in [-0.39, 0.29) is 5.56 Å². The average Bonchev–Trinajstić information content (AvgIpc) is 2.38. The van der Waals surface area contributed by atoms with Crippen LogP contribution in [-0.4, -0.2) is 16.8 Å². The molecule has 2 N–H and O–H groups in total. The number of nitrogens with zero attached hydrogens (tertiary/aromatic N) is 1. The van der Waals surface area contributed by atoms with E-state index < -0.39 is 5.97 Å². The van der Waals surface area contributed by atoms with E-state index in [4.69, 9.17) is 5.11 Å². The Balaban J connectivity index is 2.06. The summed E-state index contributed by atoms with van der Waals surface area (Å²) < 4.78 is 0. The number of hydrazone groups is 1. The molecule has 0 amide bonds. The lowest BCUT2D eigenvalue weighted by atomic mass is 9.81. The third-order valence-corrected chi connectivity index (χ3v) is 3.73. The summed E-state index contributed by atoms with van der Waals surface area (Å²) in [5.41, 5.74) is 5.36. The van der Waals surface area contributed by atoms with E-state index in [1.807, 2.05) is 0 Å². The number of benzene rings is 1. The summed E-state index contributed by atoms with van der Waals surface area (Å²) in [5, 5.41) is 13.3. The summed E-state index contributed by atoms with van der Waals surface area (Å²) in [7, 11) is 0. The number of carbonyl (C=O) groups is 1. The fourth-order valence-electron chi connectivity index (χ4n) is 2.55. The highest BCUT2D eigenvalue weighted by molar-refractivity contribution is 5.90. The van der Waals surface area contributed by atoms with E-state index in [1.54, 1.807) is 24.3 Å². The van der Waals surface area contributed by atoms with Gasteiger partial charge in [0.2, 0.25) is 0 Å². The monoisotopic (exact) mass is 260 g/mol. The first kappa shape index (κ1) is 13.6. The van der Waals surface area contributed by atoms with Crippen molar-refractivity contribution in [1.82, 2.24) is 0 Å². The molecule has 0 aliphatic heterocycles. The van der Waals surface area contributed by atoms with Gasteiger partial charge < -0.3 is 5.11 Å². The second-order valence-electron chi connectivity index (χ2n) is 5.26. The second-order valence-corrected chi connectivity index (χ2v) is 5.26. The van der Waals surface area contributed by atoms with Crippen molar-refractivity contribution in [3.05, 3.63) is 29.8 Å². The van der Waals surface area contributed by atoms with Crippen LogP contribution in [0.15, 0.2) is 29.4 Å². The molecule has 0 heterocycles. The fraction of sp³-hybridized carbons (Fsp3) is 0.467. The third kappa shape index (κ3) is 3.34. The zero-order valence-electron chi connectivity index (χ0n) is 11.4. The number of aromatic carboxylic acids is 1. The lowest BCUT2D eigenvalue weighted by molar-refractivity contribution is 0.0697. The van der Waals surface area contributed by atoms with Crippen molar-refractivity contribution in [3.63, 3.8) is 0 Å². The van der Waals surface area contributed by atoms with Crippen molar-refractivity contribution in [1.29, 1.82) is 0 Å². The standard InChI is InChI=1S/C15H20N2O2/c1-10-4-3-5-11(2)14(10)17-16-13-8-6-12(7-9-13)15(18)19/h6-11,16H,3-5H2,1-2H3,(H,18,19)/t10-,11+. The molecule has 102 valence electrons. The summed E-state index contributed by atoms with van der Waals surface area (Å²) in [6.45, 7) is 4.42. The molecule has 1 aromatic carbocycles. The number of nitrogens with one attached hydrogen (secondary N) is 1. The molecule has 1 aliphatic carbocycles. The van der Waals surface area contributed by atoms with Crippen molar-refractivity contribution in [2.75, 3.05) is 5.43 Å². The van der Waals surface area contributed by atoms with Crippen LogP contribution >= 0.6 is 0 Å². The molecule has 1 aromatic rings. The van der Waals surface area contributed by atoms with E-state index in [1.165, 1.54) is 25.0 Å². The van der Waals surface area contributed by atoms with Gasteiger partial charge in [-0.05, 0) is 48.9 Å². The van der Waals surface area contributed by atoms with Gasteiger partial charge in [-0.15, -0.1) is 0 Å². The van der Waals surface area contributed by atoms with Crippen LogP contribution in [0, 0.1) is 11.8 Å². The summed E-state index contributed by atoms with van der Waals surface area (Å²) in [5.74, 6) is 0.136. The topological polar surface area (TPSA) is 61.7 Å². The predicted octanol–water partition coefficient (Wildman–Crippen LogP) is 3.61. The van der Waals surface area contributed by atoms with Gasteiger partial charge in [0.25, 0.3) is 0 Å². The van der Waals surface area contributed by atoms with Crippen LogP contribution in [0.25, 0.3) is 0 Å². The van der Waals surface area contributed by atoms with E-state index in [9.17, 15) is 4.79 Å². The first-order valence-electron chi connectivity index (χ1n) is 6.74. The number of hydrogen-bond acceptors (Lipinski definition) is 3. The molecule has 0 aromatic heterocycles. The number of carboxylic acids is 1. The molecule has 19 heavy (non-hydrogen) atoms. The maximum atomic E-state index is 10.8. The SMILES string of the molecule is C[C@@H]1CCC[C@H](C)C1=NNc1ccc(C(=O)O)cc1. The van der Waals surface area contributed by atoms with Crippen molar-refractivity contribution < 1.29 is 9.90 Å². The molecule has 1 saturated carbocycles. The largest absolute Gasteiger partial charge is 0.478 e. The number of hydrogen-bond donors (Lipinski definition) is 2. The predicted molar refractivity (Wildman–Crippen MR) is 76.6 cm³/mol. The highest BCUT2D eigenvalue weighted by Gasteiger charge is 2.22. The Labute approximate surface area is 113 Å². The molecular formula is C15H20N2O2.